The number of hydrogen-bond acceptors (Lipinski definition) is 6. The number of imidazole rings is 1. The number of para-hydroxylation sites is 2. The van der Waals surface area contributed by atoms with E-state index in [1.165, 1.54) is 0 Å². The lowest BCUT2D eigenvalue weighted by Crippen LogP contribution is -2.52. The van der Waals surface area contributed by atoms with Crippen LogP contribution in [0.25, 0.3) is 11.0 Å². The molecule has 8 nitrogen and oxygen atoms in total. The Morgan fingerprint density at radius 3 is 2.63 bits per heavy atom. The smallest absolute Gasteiger partial charge is 0.233 e. The van der Waals surface area contributed by atoms with Crippen LogP contribution in [0.1, 0.15) is 17.8 Å². The van der Waals surface area contributed by atoms with Gasteiger partial charge in [0.15, 0.2) is 9.84 Å². The van der Waals surface area contributed by atoms with Crippen molar-refractivity contribution >= 4 is 27.3 Å². The molecular weight excluding hydrogens is 404 g/mol. The molecule has 0 saturated carbocycles. The van der Waals surface area contributed by atoms with E-state index in [4.69, 9.17) is 0 Å². The largest absolute Gasteiger partial charge is 0.324 e. The first-order chi connectivity index (χ1) is 14.3. The third kappa shape index (κ3) is 3.71. The van der Waals surface area contributed by atoms with E-state index in [2.05, 4.69) is 14.9 Å². The van der Waals surface area contributed by atoms with E-state index in [0.717, 1.165) is 22.4 Å². The van der Waals surface area contributed by atoms with Crippen LogP contribution in [0.4, 0.5) is 0 Å². The molecular formula is C21H24N4O4S. The van der Waals surface area contributed by atoms with Gasteiger partial charge in [0.2, 0.25) is 6.41 Å². The Bertz CT molecular complexity index is 1170. The maximum absolute atomic E-state index is 13.0. The maximum atomic E-state index is 13.0. The minimum Gasteiger partial charge on any atom is -0.324 e. The monoisotopic (exact) mass is 428 g/mol. The van der Waals surface area contributed by atoms with Crippen LogP contribution in [0.15, 0.2) is 53.4 Å². The van der Waals surface area contributed by atoms with E-state index >= 15 is 0 Å². The van der Waals surface area contributed by atoms with Gasteiger partial charge in [-0.15, -0.1) is 0 Å². The molecule has 1 aliphatic rings. The Labute approximate surface area is 175 Å². The first-order valence-electron chi connectivity index (χ1n) is 9.72. The molecule has 1 saturated heterocycles. The van der Waals surface area contributed by atoms with Gasteiger partial charge in [0.05, 0.1) is 27.2 Å². The molecule has 1 atom stereocenters. The number of fused-ring (bicyclic) bond motifs is 1. The van der Waals surface area contributed by atoms with E-state index < -0.39 is 15.4 Å². The Balaban J connectivity index is 1.57. The lowest BCUT2D eigenvalue weighted by molar-refractivity contribution is -0.173. The van der Waals surface area contributed by atoms with Crippen molar-refractivity contribution in [3.63, 3.8) is 0 Å². The van der Waals surface area contributed by atoms with Gasteiger partial charge in [-0.25, -0.2) is 18.5 Å². The summed E-state index contributed by atoms with van der Waals surface area (Å²) in [5, 5.41) is 13.5. The molecule has 0 bridgehead atoms. The molecule has 30 heavy (non-hydrogen) atoms. The zero-order valence-corrected chi connectivity index (χ0v) is 17.5. The summed E-state index contributed by atoms with van der Waals surface area (Å²) < 4.78 is 28.0. The number of sulfone groups is 1. The average molecular weight is 429 g/mol. The lowest BCUT2D eigenvalue weighted by Gasteiger charge is -2.32. The summed E-state index contributed by atoms with van der Waals surface area (Å²) in [6.07, 6.45) is 0.635. The van der Waals surface area contributed by atoms with Crippen LogP contribution < -0.4 is 5.32 Å². The molecule has 2 aromatic carbocycles. The number of nitrogens with zero attached hydrogens (tertiary/aromatic N) is 3. The zero-order chi connectivity index (χ0) is 21.4. The van der Waals surface area contributed by atoms with Gasteiger partial charge in [0.25, 0.3) is 0 Å². The number of hydroxylamine groups is 2. The van der Waals surface area contributed by atoms with Gasteiger partial charge in [-0.1, -0.05) is 24.3 Å². The standard InChI is InChI=1S/C21H24N4O4S/c1-16-23-19-4-2-3-5-20(19)24(16)12-17-6-8-18(9-7-17)30(28,29)14-21(25(27)15-26)10-11-22-13-21/h2-9,15,22,27H,10-14H2,1H3. The molecule has 0 radical (unpaired) electrons. The molecule has 1 aliphatic heterocycles. The predicted molar refractivity (Wildman–Crippen MR) is 112 cm³/mol. The normalized spacial score (nSPS) is 19.3. The number of aryl methyl sites for hydroxylation is 1. The van der Waals surface area contributed by atoms with Gasteiger partial charge in [-0.05, 0) is 49.7 Å². The van der Waals surface area contributed by atoms with Crippen LogP contribution >= 0.6 is 0 Å². The molecule has 158 valence electrons. The summed E-state index contributed by atoms with van der Waals surface area (Å²) in [6.45, 7) is 3.29. The van der Waals surface area contributed by atoms with Crippen molar-refractivity contribution in [3.05, 3.63) is 59.9 Å². The minimum absolute atomic E-state index is 0.170. The number of carbonyl (C=O) groups is 1. The van der Waals surface area contributed by atoms with Crippen molar-refractivity contribution < 1.29 is 18.4 Å². The fourth-order valence-electron chi connectivity index (χ4n) is 4.04. The number of nitrogens with one attached hydrogen (secondary N) is 1. The Morgan fingerprint density at radius 1 is 1.23 bits per heavy atom. The molecule has 0 aliphatic carbocycles. The van der Waals surface area contributed by atoms with E-state index in [1.54, 1.807) is 24.3 Å². The molecule has 1 aromatic heterocycles. The second-order valence-corrected chi connectivity index (χ2v) is 9.73. The van der Waals surface area contributed by atoms with Crippen LogP contribution in [0.3, 0.4) is 0 Å². The highest BCUT2D eigenvalue weighted by molar-refractivity contribution is 7.91. The molecule has 1 fully saturated rings. The first-order valence-corrected chi connectivity index (χ1v) is 11.4. The highest BCUT2D eigenvalue weighted by Gasteiger charge is 2.43. The topological polar surface area (TPSA) is 105 Å². The van der Waals surface area contributed by atoms with Gasteiger partial charge in [0.1, 0.15) is 5.82 Å². The SMILES string of the molecule is Cc1nc2ccccc2n1Cc1ccc(S(=O)(=O)CC2(N(O)C=O)CCNC2)cc1. The van der Waals surface area contributed by atoms with Crippen molar-refractivity contribution in [1.29, 1.82) is 0 Å². The molecule has 1 unspecified atom stereocenters. The zero-order valence-electron chi connectivity index (χ0n) is 16.7. The van der Waals surface area contributed by atoms with E-state index in [-0.39, 0.29) is 23.6 Å². The van der Waals surface area contributed by atoms with Crippen molar-refractivity contribution in [2.75, 3.05) is 18.8 Å². The van der Waals surface area contributed by atoms with Crippen molar-refractivity contribution in [2.45, 2.75) is 30.3 Å². The summed E-state index contributed by atoms with van der Waals surface area (Å²) in [6, 6.07) is 14.6. The lowest BCUT2D eigenvalue weighted by atomic mass is 10.0. The van der Waals surface area contributed by atoms with E-state index in [0.29, 0.717) is 24.6 Å². The molecule has 3 aromatic rings. The van der Waals surface area contributed by atoms with Crippen LogP contribution in [0, 0.1) is 6.92 Å². The maximum Gasteiger partial charge on any atom is 0.233 e. The summed E-state index contributed by atoms with van der Waals surface area (Å²) >= 11 is 0. The second-order valence-electron chi connectivity index (χ2n) is 7.74. The number of benzene rings is 2. The molecule has 2 N–H and O–H groups in total. The fourth-order valence-corrected chi connectivity index (χ4v) is 5.85. The summed E-state index contributed by atoms with van der Waals surface area (Å²) in [7, 11) is -3.70. The van der Waals surface area contributed by atoms with Gasteiger partial charge >= 0.3 is 0 Å². The second kappa shape index (κ2) is 7.82. The molecule has 9 heteroatoms. The van der Waals surface area contributed by atoms with Gasteiger partial charge < -0.3 is 9.88 Å². The Morgan fingerprint density at radius 2 is 1.97 bits per heavy atom. The number of amides is 1. The van der Waals surface area contributed by atoms with Gasteiger partial charge in [-0.2, -0.15) is 0 Å². The number of hydrogen-bond donors (Lipinski definition) is 2. The Kier molecular flexibility index (Phi) is 5.35. The third-order valence-corrected chi connectivity index (χ3v) is 7.64. The van der Waals surface area contributed by atoms with E-state index in [1.807, 2.05) is 31.2 Å². The highest BCUT2D eigenvalue weighted by Crippen LogP contribution is 2.26. The van der Waals surface area contributed by atoms with Crippen LogP contribution in [0.5, 0.6) is 0 Å². The van der Waals surface area contributed by atoms with Crippen LogP contribution in [-0.2, 0) is 21.2 Å². The first kappa shape index (κ1) is 20.5. The third-order valence-electron chi connectivity index (χ3n) is 5.73. The molecule has 2 heterocycles. The summed E-state index contributed by atoms with van der Waals surface area (Å²) in [5.41, 5.74) is 1.76. The van der Waals surface area contributed by atoms with Crippen LogP contribution in [-0.4, -0.2) is 59.0 Å². The molecule has 1 amide bonds. The fraction of sp³-hybridized carbons (Fsp3) is 0.333. The number of carbonyl (C=O) groups excluding carboxylic acids is 1. The number of rotatable bonds is 7. The van der Waals surface area contributed by atoms with E-state index in [9.17, 15) is 18.4 Å². The van der Waals surface area contributed by atoms with Crippen molar-refractivity contribution in [1.82, 2.24) is 19.9 Å². The molecule has 4 rings (SSSR count). The van der Waals surface area contributed by atoms with Crippen molar-refractivity contribution in [2.24, 2.45) is 0 Å². The number of aromatic nitrogens is 2. The van der Waals surface area contributed by atoms with Gasteiger partial charge in [0, 0.05) is 13.1 Å². The van der Waals surface area contributed by atoms with Crippen LogP contribution in [0.2, 0.25) is 0 Å². The average Bonchev–Trinajstić information content (AvgIpc) is 3.33. The summed E-state index contributed by atoms with van der Waals surface area (Å²) in [4.78, 5) is 15.8. The van der Waals surface area contributed by atoms with Crippen molar-refractivity contribution in [3.8, 4) is 0 Å². The summed E-state index contributed by atoms with van der Waals surface area (Å²) in [5.74, 6) is 0.549. The molecule has 0 spiro atoms. The Hall–Kier alpha value is -2.75. The quantitative estimate of drug-likeness (QED) is 0.338. The van der Waals surface area contributed by atoms with Gasteiger partial charge in [-0.3, -0.25) is 10.0 Å². The predicted octanol–water partition coefficient (Wildman–Crippen LogP) is 1.75. The minimum atomic E-state index is -3.70. The highest BCUT2D eigenvalue weighted by atomic mass is 32.2.